The van der Waals surface area contributed by atoms with Crippen LogP contribution in [0.1, 0.15) is 47.5 Å². The average molecular weight is 244 g/mol. The van der Waals surface area contributed by atoms with Crippen LogP contribution in [0.3, 0.4) is 0 Å². The maximum Gasteiger partial charge on any atom is 0.0659 e. The van der Waals surface area contributed by atoms with Gasteiger partial charge in [-0.15, -0.1) is 0 Å². The minimum Gasteiger partial charge on any atom is -0.380 e. The molecule has 3 nitrogen and oxygen atoms in total. The summed E-state index contributed by atoms with van der Waals surface area (Å²) >= 11 is 0. The van der Waals surface area contributed by atoms with E-state index in [0.29, 0.717) is 6.54 Å². The van der Waals surface area contributed by atoms with Gasteiger partial charge in [-0.3, -0.25) is 4.90 Å². The van der Waals surface area contributed by atoms with Crippen molar-refractivity contribution in [3.8, 4) is 0 Å². The molecular formula is C14H32N2O. The molecule has 0 aliphatic rings. The van der Waals surface area contributed by atoms with Gasteiger partial charge in [0.1, 0.15) is 0 Å². The lowest BCUT2D eigenvalue weighted by atomic mass is 9.96. The number of likely N-dealkylation sites (N-methyl/N-ethyl adjacent to an activating group) is 1. The van der Waals surface area contributed by atoms with E-state index in [0.717, 1.165) is 32.2 Å². The maximum absolute atomic E-state index is 5.96. The summed E-state index contributed by atoms with van der Waals surface area (Å²) < 4.78 is 5.60. The van der Waals surface area contributed by atoms with Gasteiger partial charge < -0.3 is 10.5 Å². The van der Waals surface area contributed by atoms with Crippen LogP contribution in [0.25, 0.3) is 0 Å². The highest BCUT2D eigenvalue weighted by atomic mass is 16.5. The Morgan fingerprint density at radius 1 is 1.18 bits per heavy atom. The molecule has 0 fully saturated rings. The molecule has 0 bridgehead atoms. The van der Waals surface area contributed by atoms with E-state index in [-0.39, 0.29) is 5.54 Å². The highest BCUT2D eigenvalue weighted by Crippen LogP contribution is 2.19. The van der Waals surface area contributed by atoms with E-state index in [1.807, 2.05) is 6.92 Å². The normalized spacial score (nSPS) is 15.5. The van der Waals surface area contributed by atoms with E-state index in [1.165, 1.54) is 12.8 Å². The van der Waals surface area contributed by atoms with Crippen molar-refractivity contribution in [2.24, 2.45) is 11.7 Å². The molecule has 0 amide bonds. The zero-order valence-electron chi connectivity index (χ0n) is 12.5. The van der Waals surface area contributed by atoms with Crippen LogP contribution < -0.4 is 5.73 Å². The highest BCUT2D eigenvalue weighted by Gasteiger charge is 2.30. The SMILES string of the molecule is CCOCC(C)(CN)N(CC)CC(CC)CC. The molecule has 0 aromatic heterocycles. The van der Waals surface area contributed by atoms with Crippen molar-refractivity contribution in [2.45, 2.75) is 53.0 Å². The third kappa shape index (κ3) is 5.36. The zero-order chi connectivity index (χ0) is 13.3. The van der Waals surface area contributed by atoms with Crippen molar-refractivity contribution in [3.05, 3.63) is 0 Å². The first-order valence-electron chi connectivity index (χ1n) is 7.10. The Labute approximate surface area is 108 Å². The predicted molar refractivity (Wildman–Crippen MR) is 75.3 cm³/mol. The summed E-state index contributed by atoms with van der Waals surface area (Å²) in [7, 11) is 0. The van der Waals surface area contributed by atoms with Gasteiger partial charge in [0.2, 0.25) is 0 Å². The van der Waals surface area contributed by atoms with E-state index in [1.54, 1.807) is 0 Å². The second-order valence-electron chi connectivity index (χ2n) is 5.06. The molecule has 0 heterocycles. The monoisotopic (exact) mass is 244 g/mol. The first-order chi connectivity index (χ1) is 8.07. The quantitative estimate of drug-likeness (QED) is 0.642. The second-order valence-corrected chi connectivity index (χ2v) is 5.06. The van der Waals surface area contributed by atoms with E-state index in [9.17, 15) is 0 Å². The average Bonchev–Trinajstić information content (AvgIpc) is 2.37. The van der Waals surface area contributed by atoms with Gasteiger partial charge in [-0.1, -0.05) is 33.6 Å². The summed E-state index contributed by atoms with van der Waals surface area (Å²) in [5.41, 5.74) is 5.94. The van der Waals surface area contributed by atoms with Crippen molar-refractivity contribution in [1.82, 2.24) is 4.90 Å². The van der Waals surface area contributed by atoms with Crippen molar-refractivity contribution in [1.29, 1.82) is 0 Å². The molecule has 0 saturated carbocycles. The lowest BCUT2D eigenvalue weighted by Crippen LogP contribution is -2.56. The number of nitrogens with two attached hydrogens (primary N) is 1. The third-order valence-corrected chi connectivity index (χ3v) is 3.84. The Bertz CT molecular complexity index is 183. The Kier molecular flexibility index (Phi) is 8.83. The van der Waals surface area contributed by atoms with E-state index >= 15 is 0 Å². The molecule has 17 heavy (non-hydrogen) atoms. The Morgan fingerprint density at radius 2 is 1.76 bits per heavy atom. The van der Waals surface area contributed by atoms with Crippen LogP contribution in [-0.4, -0.2) is 43.3 Å². The molecule has 0 spiro atoms. The van der Waals surface area contributed by atoms with Crippen LogP contribution in [0, 0.1) is 5.92 Å². The molecular weight excluding hydrogens is 212 g/mol. The smallest absolute Gasteiger partial charge is 0.0659 e. The summed E-state index contributed by atoms with van der Waals surface area (Å²) in [5, 5.41) is 0. The molecule has 2 N–H and O–H groups in total. The molecule has 0 radical (unpaired) electrons. The van der Waals surface area contributed by atoms with Gasteiger partial charge >= 0.3 is 0 Å². The molecule has 0 aliphatic heterocycles. The minimum atomic E-state index is -0.0205. The van der Waals surface area contributed by atoms with Crippen molar-refractivity contribution >= 4 is 0 Å². The van der Waals surface area contributed by atoms with Gasteiger partial charge in [-0.05, 0) is 26.3 Å². The second kappa shape index (κ2) is 8.90. The first kappa shape index (κ1) is 16.9. The van der Waals surface area contributed by atoms with Crippen molar-refractivity contribution in [3.63, 3.8) is 0 Å². The highest BCUT2D eigenvalue weighted by molar-refractivity contribution is 4.87. The third-order valence-electron chi connectivity index (χ3n) is 3.84. The summed E-state index contributed by atoms with van der Waals surface area (Å²) in [5.74, 6) is 0.766. The number of hydrogen-bond acceptors (Lipinski definition) is 3. The first-order valence-corrected chi connectivity index (χ1v) is 7.10. The van der Waals surface area contributed by atoms with Crippen LogP contribution in [0.2, 0.25) is 0 Å². The topological polar surface area (TPSA) is 38.5 Å². The van der Waals surface area contributed by atoms with Crippen LogP contribution in [0.4, 0.5) is 0 Å². The van der Waals surface area contributed by atoms with E-state index in [4.69, 9.17) is 10.5 Å². The molecule has 0 saturated heterocycles. The van der Waals surface area contributed by atoms with Crippen LogP contribution in [0.5, 0.6) is 0 Å². The Balaban J connectivity index is 4.55. The zero-order valence-corrected chi connectivity index (χ0v) is 12.5. The van der Waals surface area contributed by atoms with Crippen molar-refractivity contribution in [2.75, 3.05) is 32.8 Å². The molecule has 0 rings (SSSR count). The van der Waals surface area contributed by atoms with Gasteiger partial charge in [0.15, 0.2) is 0 Å². The number of nitrogens with zero attached hydrogens (tertiary/aromatic N) is 1. The number of ether oxygens (including phenoxy) is 1. The molecule has 0 aliphatic carbocycles. The molecule has 3 heteroatoms. The van der Waals surface area contributed by atoms with Gasteiger partial charge in [-0.25, -0.2) is 0 Å². The van der Waals surface area contributed by atoms with Crippen molar-refractivity contribution < 1.29 is 4.74 Å². The molecule has 0 aromatic rings. The van der Waals surface area contributed by atoms with E-state index < -0.39 is 0 Å². The lowest BCUT2D eigenvalue weighted by Gasteiger charge is -2.41. The Hall–Kier alpha value is -0.120. The van der Waals surface area contributed by atoms with Gasteiger partial charge in [0, 0.05) is 19.7 Å². The largest absolute Gasteiger partial charge is 0.380 e. The molecule has 1 unspecified atom stereocenters. The van der Waals surface area contributed by atoms with E-state index in [2.05, 4.69) is 32.6 Å². The standard InChI is InChI=1S/C14H32N2O/c1-6-13(7-2)10-16(8-3)14(5,11-15)12-17-9-4/h13H,6-12,15H2,1-5H3. The number of hydrogen-bond donors (Lipinski definition) is 1. The van der Waals surface area contributed by atoms with Crippen LogP contribution in [-0.2, 0) is 4.74 Å². The maximum atomic E-state index is 5.96. The predicted octanol–water partition coefficient (Wildman–Crippen LogP) is 2.50. The minimum absolute atomic E-state index is 0.0205. The summed E-state index contributed by atoms with van der Waals surface area (Å²) in [6.07, 6.45) is 2.48. The summed E-state index contributed by atoms with van der Waals surface area (Å²) in [6.45, 7) is 15.3. The van der Waals surface area contributed by atoms with Crippen LogP contribution in [0.15, 0.2) is 0 Å². The van der Waals surface area contributed by atoms with Crippen LogP contribution >= 0.6 is 0 Å². The van der Waals surface area contributed by atoms with Gasteiger partial charge in [-0.2, -0.15) is 0 Å². The molecule has 104 valence electrons. The van der Waals surface area contributed by atoms with Gasteiger partial charge in [0.05, 0.1) is 12.1 Å². The summed E-state index contributed by atoms with van der Waals surface area (Å²) in [4.78, 5) is 2.49. The summed E-state index contributed by atoms with van der Waals surface area (Å²) in [6, 6.07) is 0. The Morgan fingerprint density at radius 3 is 2.12 bits per heavy atom. The number of rotatable bonds is 10. The fourth-order valence-electron chi connectivity index (χ4n) is 2.19. The molecule has 0 aromatic carbocycles. The fraction of sp³-hybridized carbons (Fsp3) is 1.00. The fourth-order valence-corrected chi connectivity index (χ4v) is 2.19. The van der Waals surface area contributed by atoms with Gasteiger partial charge in [0.25, 0.3) is 0 Å². The lowest BCUT2D eigenvalue weighted by molar-refractivity contribution is 0.00443. The molecule has 1 atom stereocenters.